The number of aliphatic hydroxyl groups excluding tert-OH is 3. The van der Waals surface area contributed by atoms with Gasteiger partial charge in [-0.1, -0.05) is 30.3 Å². The van der Waals surface area contributed by atoms with Gasteiger partial charge in [0.1, 0.15) is 0 Å². The van der Waals surface area contributed by atoms with Crippen molar-refractivity contribution in [2.45, 2.75) is 6.61 Å². The summed E-state index contributed by atoms with van der Waals surface area (Å²) in [6, 6.07) is 9.52. The molecule has 0 atom stereocenters. The zero-order valence-corrected chi connectivity index (χ0v) is 10.4. The Hall–Kier alpha value is -0.0169. The largest absolute Gasteiger partial charge is 0.400 e. The molecular formula is C9H16O3Zr. The third kappa shape index (κ3) is 12.0. The Morgan fingerprint density at radius 1 is 0.923 bits per heavy atom. The molecule has 0 amide bonds. The zero-order chi connectivity index (χ0) is 9.82. The Bertz CT molecular complexity index is 156. The van der Waals surface area contributed by atoms with Gasteiger partial charge in [0.05, 0.1) is 6.61 Å². The second-order valence-corrected chi connectivity index (χ2v) is 1.64. The average molecular weight is 263 g/mol. The van der Waals surface area contributed by atoms with Crippen LogP contribution in [0.25, 0.3) is 0 Å². The van der Waals surface area contributed by atoms with E-state index in [0.717, 1.165) is 19.8 Å². The molecule has 0 saturated carbocycles. The van der Waals surface area contributed by atoms with Crippen LogP contribution in [0.1, 0.15) is 5.56 Å². The van der Waals surface area contributed by atoms with E-state index in [1.807, 2.05) is 30.3 Å². The van der Waals surface area contributed by atoms with E-state index in [-0.39, 0.29) is 32.8 Å². The first kappa shape index (κ1) is 18.7. The van der Waals surface area contributed by atoms with Gasteiger partial charge in [-0.2, -0.15) is 0 Å². The first-order chi connectivity index (χ1) is 5.93. The minimum Gasteiger partial charge on any atom is -0.400 e. The summed E-state index contributed by atoms with van der Waals surface area (Å²) in [6.45, 7) is 0.140. The molecule has 0 unspecified atom stereocenters. The molecule has 0 bridgehead atoms. The molecule has 3 N–H and O–H groups in total. The van der Waals surface area contributed by atoms with Crippen molar-refractivity contribution >= 4 is 0 Å². The van der Waals surface area contributed by atoms with Crippen molar-refractivity contribution in [3.63, 3.8) is 0 Å². The number of benzene rings is 1. The molecule has 1 aromatic carbocycles. The first-order valence-electron chi connectivity index (χ1n) is 3.47. The molecule has 0 heterocycles. The van der Waals surface area contributed by atoms with E-state index in [4.69, 9.17) is 15.3 Å². The number of rotatable bonds is 1. The maximum atomic E-state index is 8.54. The van der Waals surface area contributed by atoms with Crippen LogP contribution in [0.4, 0.5) is 0 Å². The molecule has 0 spiro atoms. The van der Waals surface area contributed by atoms with Gasteiger partial charge < -0.3 is 15.3 Å². The SMILES string of the molecule is CO.CO.OCc1ccccc1.[Zr]. The summed E-state index contributed by atoms with van der Waals surface area (Å²) < 4.78 is 0. The summed E-state index contributed by atoms with van der Waals surface area (Å²) in [7, 11) is 2.00. The van der Waals surface area contributed by atoms with Crippen molar-refractivity contribution in [3.05, 3.63) is 35.9 Å². The van der Waals surface area contributed by atoms with E-state index in [2.05, 4.69) is 0 Å². The van der Waals surface area contributed by atoms with Crippen molar-refractivity contribution in [1.29, 1.82) is 0 Å². The Morgan fingerprint density at radius 2 is 1.31 bits per heavy atom. The van der Waals surface area contributed by atoms with Gasteiger partial charge in [0.15, 0.2) is 0 Å². The quantitative estimate of drug-likeness (QED) is 0.687. The minimum atomic E-state index is 0. The van der Waals surface area contributed by atoms with Gasteiger partial charge in [0, 0.05) is 40.4 Å². The maximum absolute atomic E-state index is 8.54. The molecule has 0 aromatic heterocycles. The second-order valence-electron chi connectivity index (χ2n) is 1.64. The monoisotopic (exact) mass is 262 g/mol. The molecule has 0 aliphatic carbocycles. The fourth-order valence-electron chi connectivity index (χ4n) is 0.583. The molecular weight excluding hydrogens is 247 g/mol. The second kappa shape index (κ2) is 17.9. The molecule has 3 nitrogen and oxygen atoms in total. The third-order valence-corrected chi connectivity index (χ3v) is 1.03. The first-order valence-corrected chi connectivity index (χ1v) is 3.47. The van der Waals surface area contributed by atoms with E-state index in [9.17, 15) is 0 Å². The fourth-order valence-corrected chi connectivity index (χ4v) is 0.583. The van der Waals surface area contributed by atoms with Crippen molar-refractivity contribution in [1.82, 2.24) is 0 Å². The summed E-state index contributed by atoms with van der Waals surface area (Å²) in [5.41, 5.74) is 0.965. The normalized spacial score (nSPS) is 6.54. The average Bonchev–Trinajstić information content (AvgIpc) is 2.25. The molecule has 0 radical (unpaired) electrons. The molecule has 0 saturated heterocycles. The summed E-state index contributed by atoms with van der Waals surface area (Å²) >= 11 is 0. The fraction of sp³-hybridized carbons (Fsp3) is 0.333. The predicted molar refractivity (Wildman–Crippen MR) is 48.7 cm³/mol. The van der Waals surface area contributed by atoms with Crippen molar-refractivity contribution in [2.24, 2.45) is 0 Å². The Morgan fingerprint density at radius 3 is 1.54 bits per heavy atom. The Balaban J connectivity index is -0.000000178. The minimum absolute atomic E-state index is 0. The van der Waals surface area contributed by atoms with Crippen LogP contribution < -0.4 is 0 Å². The molecule has 1 aromatic rings. The van der Waals surface area contributed by atoms with E-state index in [1.165, 1.54) is 0 Å². The summed E-state index contributed by atoms with van der Waals surface area (Å²) in [5.74, 6) is 0. The molecule has 0 aliphatic rings. The van der Waals surface area contributed by atoms with Crippen LogP contribution in [0.2, 0.25) is 0 Å². The van der Waals surface area contributed by atoms with Crippen LogP contribution >= 0.6 is 0 Å². The predicted octanol–water partition coefficient (Wildman–Crippen LogP) is 0.393. The molecule has 4 heteroatoms. The third-order valence-electron chi connectivity index (χ3n) is 1.03. The summed E-state index contributed by atoms with van der Waals surface area (Å²) in [5, 5.41) is 22.5. The van der Waals surface area contributed by atoms with Crippen LogP contribution in [0.15, 0.2) is 30.3 Å². The number of aliphatic hydroxyl groups is 3. The Kier molecular flexibility index (Phi) is 25.8. The molecule has 0 fully saturated rings. The topological polar surface area (TPSA) is 60.7 Å². The Labute approximate surface area is 98.2 Å². The molecule has 0 aliphatic heterocycles. The van der Waals surface area contributed by atoms with Gasteiger partial charge in [-0.3, -0.25) is 0 Å². The smallest absolute Gasteiger partial charge is 0.0681 e. The van der Waals surface area contributed by atoms with Crippen LogP contribution in [-0.2, 0) is 32.8 Å². The van der Waals surface area contributed by atoms with E-state index < -0.39 is 0 Å². The maximum Gasteiger partial charge on any atom is 0.0681 e. The van der Waals surface area contributed by atoms with Crippen molar-refractivity contribution in [3.8, 4) is 0 Å². The zero-order valence-electron chi connectivity index (χ0n) is 7.94. The van der Waals surface area contributed by atoms with Crippen molar-refractivity contribution in [2.75, 3.05) is 14.2 Å². The van der Waals surface area contributed by atoms with Crippen LogP contribution in [0, 0.1) is 0 Å². The van der Waals surface area contributed by atoms with E-state index >= 15 is 0 Å². The number of hydrogen-bond donors (Lipinski definition) is 3. The van der Waals surface area contributed by atoms with Crippen LogP contribution in [0.5, 0.6) is 0 Å². The standard InChI is InChI=1S/C7H8O.2CH4O.Zr/c8-6-7-4-2-1-3-5-7;2*1-2;/h1-5,8H,6H2;2*2H,1H3;. The van der Waals surface area contributed by atoms with Crippen LogP contribution in [0.3, 0.4) is 0 Å². The van der Waals surface area contributed by atoms with E-state index in [1.54, 1.807) is 0 Å². The molecule has 13 heavy (non-hydrogen) atoms. The van der Waals surface area contributed by atoms with Gasteiger partial charge in [-0.15, -0.1) is 0 Å². The van der Waals surface area contributed by atoms with Gasteiger partial charge >= 0.3 is 0 Å². The van der Waals surface area contributed by atoms with Gasteiger partial charge in [0.2, 0.25) is 0 Å². The van der Waals surface area contributed by atoms with E-state index in [0.29, 0.717) is 0 Å². The molecule has 74 valence electrons. The molecule has 1 rings (SSSR count). The van der Waals surface area contributed by atoms with Gasteiger partial charge in [-0.05, 0) is 5.56 Å². The van der Waals surface area contributed by atoms with Gasteiger partial charge in [-0.25, -0.2) is 0 Å². The van der Waals surface area contributed by atoms with Gasteiger partial charge in [0.25, 0.3) is 0 Å². The number of hydrogen-bond acceptors (Lipinski definition) is 3. The van der Waals surface area contributed by atoms with Crippen LogP contribution in [-0.4, -0.2) is 29.5 Å². The summed E-state index contributed by atoms with van der Waals surface area (Å²) in [6.07, 6.45) is 0. The summed E-state index contributed by atoms with van der Waals surface area (Å²) in [4.78, 5) is 0. The van der Waals surface area contributed by atoms with Crippen molar-refractivity contribution < 1.29 is 41.5 Å².